The van der Waals surface area contributed by atoms with Crippen molar-refractivity contribution in [1.29, 1.82) is 0 Å². The van der Waals surface area contributed by atoms with Gasteiger partial charge in [-0.05, 0) is 72.1 Å². The summed E-state index contributed by atoms with van der Waals surface area (Å²) in [5, 5.41) is 16.6. The molecule has 14 heteroatoms. The molecule has 7 nitrogen and oxygen atoms in total. The van der Waals surface area contributed by atoms with Crippen molar-refractivity contribution < 1.29 is 22.7 Å². The maximum absolute atomic E-state index is 13.0. The van der Waals surface area contributed by atoms with Crippen LogP contribution in [0, 0.1) is 23.3 Å². The molecule has 4 rings (SSSR count). The van der Waals surface area contributed by atoms with Crippen LogP contribution in [0.4, 0.5) is 17.6 Å². The van der Waals surface area contributed by atoms with E-state index in [1.807, 2.05) is 0 Å². The van der Waals surface area contributed by atoms with E-state index in [9.17, 15) is 32.3 Å². The van der Waals surface area contributed by atoms with Gasteiger partial charge in [-0.15, -0.1) is 0 Å². The van der Waals surface area contributed by atoms with E-state index in [0.717, 1.165) is 45.9 Å². The first-order valence-electron chi connectivity index (χ1n) is 8.81. The smallest absolute Gasteiger partial charge is 0.289 e. The Hall–Kier alpha value is -2.84. The summed E-state index contributed by atoms with van der Waals surface area (Å²) in [5.41, 5.74) is -1.26. The minimum absolute atomic E-state index is 0.0284. The van der Waals surface area contributed by atoms with Gasteiger partial charge in [-0.25, -0.2) is 17.6 Å². The highest BCUT2D eigenvalue weighted by molar-refractivity contribution is 9.13. The predicted octanol–water partition coefficient (Wildman–Crippen LogP) is 5.01. The Morgan fingerprint density at radius 3 is 1.47 bits per heavy atom. The molecule has 2 aromatic heterocycles. The number of hydrogen-bond acceptors (Lipinski definition) is 5. The van der Waals surface area contributed by atoms with Crippen LogP contribution < -0.4 is 11.1 Å². The molecular formula is C20H9Br3F4N4O3. The zero-order valence-corrected chi connectivity index (χ0v) is 21.1. The van der Waals surface area contributed by atoms with Crippen molar-refractivity contribution in [2.75, 3.05) is 0 Å². The lowest BCUT2D eigenvalue weighted by Gasteiger charge is -2.05. The van der Waals surface area contributed by atoms with Crippen LogP contribution in [-0.2, 0) is 0 Å². The SMILES string of the molecule is O=c1c(Br)c(Br)cnn1-c1cc(F)cc(F)c1.O=c1c(Br)c(O)cnn1-c1cc(F)cc(F)c1. The van der Waals surface area contributed by atoms with E-state index in [-0.39, 0.29) is 26.1 Å². The zero-order chi connectivity index (χ0) is 25.2. The quantitative estimate of drug-likeness (QED) is 0.304. The molecule has 0 aliphatic carbocycles. The van der Waals surface area contributed by atoms with Crippen LogP contribution in [-0.4, -0.2) is 24.7 Å². The van der Waals surface area contributed by atoms with Crippen molar-refractivity contribution in [2.24, 2.45) is 0 Å². The molecule has 1 N–H and O–H groups in total. The highest BCUT2D eigenvalue weighted by Gasteiger charge is 2.12. The second-order valence-corrected chi connectivity index (χ2v) is 8.78. The summed E-state index contributed by atoms with van der Waals surface area (Å²) in [6, 6.07) is 5.38. The number of aromatic nitrogens is 4. The minimum atomic E-state index is -0.821. The van der Waals surface area contributed by atoms with Gasteiger partial charge in [-0.2, -0.15) is 19.6 Å². The summed E-state index contributed by atoms with van der Waals surface area (Å²) in [6.45, 7) is 0. The third kappa shape index (κ3) is 5.80. The lowest BCUT2D eigenvalue weighted by Crippen LogP contribution is -2.22. The number of nitrogens with zero attached hydrogens (tertiary/aromatic N) is 4. The molecular weight excluding hydrogens is 660 g/mol. The number of aromatic hydroxyl groups is 1. The number of hydrogen-bond donors (Lipinski definition) is 1. The van der Waals surface area contributed by atoms with E-state index in [4.69, 9.17) is 0 Å². The fourth-order valence-corrected chi connectivity index (χ4v) is 3.33. The second-order valence-electron chi connectivity index (χ2n) is 6.34. The maximum atomic E-state index is 13.0. The van der Waals surface area contributed by atoms with E-state index in [1.165, 1.54) is 6.20 Å². The van der Waals surface area contributed by atoms with Crippen LogP contribution in [0.2, 0.25) is 0 Å². The molecule has 0 saturated carbocycles. The summed E-state index contributed by atoms with van der Waals surface area (Å²) >= 11 is 9.02. The van der Waals surface area contributed by atoms with Gasteiger partial charge in [0.25, 0.3) is 11.1 Å². The van der Waals surface area contributed by atoms with Crippen molar-refractivity contribution in [2.45, 2.75) is 0 Å². The maximum Gasteiger partial charge on any atom is 0.289 e. The van der Waals surface area contributed by atoms with Crippen molar-refractivity contribution in [3.63, 3.8) is 0 Å². The number of benzene rings is 2. The Balaban J connectivity index is 0.000000191. The average Bonchev–Trinajstić information content (AvgIpc) is 2.75. The lowest BCUT2D eigenvalue weighted by molar-refractivity contribution is 0.462. The largest absolute Gasteiger partial charge is 0.505 e. The molecule has 0 fully saturated rings. The van der Waals surface area contributed by atoms with Crippen LogP contribution in [0.1, 0.15) is 0 Å². The molecule has 0 amide bonds. The molecule has 2 aromatic carbocycles. The van der Waals surface area contributed by atoms with Gasteiger partial charge in [-0.1, -0.05) is 0 Å². The lowest BCUT2D eigenvalue weighted by atomic mass is 10.3. The van der Waals surface area contributed by atoms with Crippen LogP contribution in [0.15, 0.2) is 71.8 Å². The second kappa shape index (κ2) is 10.6. The van der Waals surface area contributed by atoms with Crippen LogP contribution >= 0.6 is 47.8 Å². The van der Waals surface area contributed by atoms with E-state index >= 15 is 0 Å². The first kappa shape index (κ1) is 25.8. The van der Waals surface area contributed by atoms with E-state index in [2.05, 4.69) is 58.0 Å². The van der Waals surface area contributed by atoms with Gasteiger partial charge < -0.3 is 5.11 Å². The summed E-state index contributed by atoms with van der Waals surface area (Å²) in [6.07, 6.45) is 2.35. The monoisotopic (exact) mass is 666 g/mol. The van der Waals surface area contributed by atoms with E-state index in [1.54, 1.807) is 0 Å². The van der Waals surface area contributed by atoms with Gasteiger partial charge >= 0.3 is 0 Å². The fourth-order valence-electron chi connectivity index (χ4n) is 2.53. The zero-order valence-electron chi connectivity index (χ0n) is 16.3. The average molecular weight is 669 g/mol. The van der Waals surface area contributed by atoms with E-state index in [0.29, 0.717) is 10.5 Å². The Morgan fingerprint density at radius 1 is 0.647 bits per heavy atom. The Bertz CT molecular complexity index is 1360. The van der Waals surface area contributed by atoms with Crippen LogP contribution in [0.5, 0.6) is 5.75 Å². The standard InChI is InChI=1S/C10H4Br2F2N2O.C10H5BrF2N2O2/c11-8-4-15-16(10(17)9(8)12)7-2-5(13)1-6(14)3-7;11-9-8(16)4-14-15(10(9)17)7-2-5(12)1-6(13)3-7/h1-4H;1-4,16H. The molecule has 0 aliphatic rings. The van der Waals surface area contributed by atoms with Crippen LogP contribution in [0.25, 0.3) is 11.4 Å². The molecule has 0 saturated heterocycles. The van der Waals surface area contributed by atoms with Gasteiger partial charge in [0.1, 0.15) is 32.2 Å². The Morgan fingerprint density at radius 2 is 1.03 bits per heavy atom. The molecule has 0 radical (unpaired) electrons. The first-order valence-corrected chi connectivity index (χ1v) is 11.2. The minimum Gasteiger partial charge on any atom is -0.505 e. The molecule has 0 aliphatic heterocycles. The van der Waals surface area contributed by atoms with Gasteiger partial charge in [-0.3, -0.25) is 9.59 Å². The van der Waals surface area contributed by atoms with Crippen molar-refractivity contribution in [3.8, 4) is 17.1 Å². The highest BCUT2D eigenvalue weighted by atomic mass is 79.9. The van der Waals surface area contributed by atoms with Crippen molar-refractivity contribution >= 4 is 47.8 Å². The predicted molar refractivity (Wildman–Crippen MR) is 124 cm³/mol. The molecule has 0 spiro atoms. The molecule has 0 bridgehead atoms. The molecule has 0 unspecified atom stereocenters. The van der Waals surface area contributed by atoms with Gasteiger partial charge in [0.15, 0.2) is 5.75 Å². The Labute approximate surface area is 212 Å². The Kier molecular flexibility index (Phi) is 8.05. The fraction of sp³-hybridized carbons (Fsp3) is 0. The summed E-state index contributed by atoms with van der Waals surface area (Å²) in [5.74, 6) is -3.53. The first-order chi connectivity index (χ1) is 16.0. The molecule has 34 heavy (non-hydrogen) atoms. The third-order valence-corrected chi connectivity index (χ3v) is 6.61. The molecule has 176 valence electrons. The number of halogens is 7. The normalized spacial score (nSPS) is 10.6. The third-order valence-electron chi connectivity index (χ3n) is 3.96. The van der Waals surface area contributed by atoms with Gasteiger partial charge in [0.05, 0.1) is 28.2 Å². The number of rotatable bonds is 2. The summed E-state index contributed by atoms with van der Waals surface area (Å²) in [4.78, 5) is 23.5. The molecule has 4 aromatic rings. The molecule has 2 heterocycles. The molecule has 0 atom stereocenters. The summed E-state index contributed by atoms with van der Waals surface area (Å²) in [7, 11) is 0. The van der Waals surface area contributed by atoms with Crippen LogP contribution in [0.3, 0.4) is 0 Å². The topological polar surface area (TPSA) is 90.0 Å². The van der Waals surface area contributed by atoms with Gasteiger partial charge in [0.2, 0.25) is 0 Å². The van der Waals surface area contributed by atoms with Crippen molar-refractivity contribution in [3.05, 3.63) is 106 Å². The summed E-state index contributed by atoms with van der Waals surface area (Å²) < 4.78 is 54.3. The van der Waals surface area contributed by atoms with Gasteiger partial charge in [0, 0.05) is 12.1 Å². The highest BCUT2D eigenvalue weighted by Crippen LogP contribution is 2.19. The van der Waals surface area contributed by atoms with E-state index < -0.39 is 34.4 Å². The van der Waals surface area contributed by atoms with Crippen molar-refractivity contribution in [1.82, 2.24) is 19.6 Å².